The summed E-state index contributed by atoms with van der Waals surface area (Å²) in [7, 11) is 6.20. The molecule has 1 aliphatic rings. The molecule has 0 aromatic rings. The van der Waals surface area contributed by atoms with Crippen LogP contribution in [0.1, 0.15) is 6.42 Å². The van der Waals surface area contributed by atoms with Crippen molar-refractivity contribution in [2.75, 3.05) is 27.7 Å². The number of carbonyl (C=O) groups excluding carboxylic acids is 2. The summed E-state index contributed by atoms with van der Waals surface area (Å²) in [5.74, 6) is -0.998. The van der Waals surface area contributed by atoms with E-state index in [0.717, 1.165) is 16.6 Å². The summed E-state index contributed by atoms with van der Waals surface area (Å²) in [6.07, 6.45) is 3.28. The molecule has 1 aliphatic carbocycles. The van der Waals surface area contributed by atoms with Crippen LogP contribution in [0.25, 0.3) is 0 Å². The summed E-state index contributed by atoms with van der Waals surface area (Å²) in [6.45, 7) is 0.877. The van der Waals surface area contributed by atoms with Crippen molar-refractivity contribution in [2.45, 2.75) is 6.42 Å². The maximum absolute atomic E-state index is 11.1. The Morgan fingerprint density at radius 1 is 1.12 bits per heavy atom. The van der Waals surface area contributed by atoms with Crippen molar-refractivity contribution in [1.82, 2.24) is 0 Å². The van der Waals surface area contributed by atoms with Crippen molar-refractivity contribution in [1.29, 1.82) is 0 Å². The first-order chi connectivity index (χ1) is 6.79. The molecule has 5 heteroatoms. The molecule has 2 N–H and O–H groups in total. The third-order valence-corrected chi connectivity index (χ3v) is 2.26. The van der Waals surface area contributed by atoms with Crippen LogP contribution < -0.4 is 22.7 Å². The number of hydrogen-bond acceptors (Lipinski definition) is 3. The normalized spacial score (nSPS) is 16.4. The van der Waals surface area contributed by atoms with Gasteiger partial charge < -0.3 is 27.2 Å². The number of nitrogens with zero attached hydrogens (tertiary/aromatic N) is 1. The summed E-state index contributed by atoms with van der Waals surface area (Å²) >= 11 is 0. The molecule has 0 aromatic heterocycles. The average Bonchev–Trinajstić information content (AvgIpc) is 2.07. The van der Waals surface area contributed by atoms with Crippen LogP contribution in [-0.4, -0.2) is 43.7 Å². The van der Waals surface area contributed by atoms with Crippen LogP contribution in [0.2, 0.25) is 0 Å². The second-order valence-electron chi connectivity index (χ2n) is 4.76. The van der Waals surface area contributed by atoms with E-state index in [2.05, 4.69) is 21.1 Å². The molecule has 0 unspecified atom stereocenters. The van der Waals surface area contributed by atoms with Crippen LogP contribution in [0.5, 0.6) is 0 Å². The predicted octanol–water partition coefficient (Wildman–Crippen LogP) is -2.99. The van der Waals surface area contributed by atoms with Crippen molar-refractivity contribution < 1.29 is 31.1 Å². The molecule has 0 bridgehead atoms. The molecule has 0 heterocycles. The average molecular weight is 289 g/mol. The molecule has 90 valence electrons. The number of quaternary nitrogens is 1. The Morgan fingerprint density at radius 3 is 2.12 bits per heavy atom. The second kappa shape index (κ2) is 5.41. The van der Waals surface area contributed by atoms with Gasteiger partial charge in [-0.1, -0.05) is 0 Å². The van der Waals surface area contributed by atoms with Crippen LogP contribution in [0.4, 0.5) is 0 Å². The van der Waals surface area contributed by atoms with E-state index < -0.39 is 11.6 Å². The molecule has 1 rings (SSSR count). The second-order valence-corrected chi connectivity index (χ2v) is 4.76. The van der Waals surface area contributed by atoms with E-state index in [4.69, 9.17) is 5.73 Å². The van der Waals surface area contributed by atoms with Gasteiger partial charge >= 0.3 is 0 Å². The third kappa shape index (κ3) is 4.28. The molecule has 0 saturated carbocycles. The van der Waals surface area contributed by atoms with E-state index in [9.17, 15) is 9.59 Å². The summed E-state index contributed by atoms with van der Waals surface area (Å²) in [5, 5.41) is 0. The zero-order valence-corrected chi connectivity index (χ0v) is 11.4. The summed E-state index contributed by atoms with van der Waals surface area (Å²) in [5.41, 5.74) is 6.87. The molecule has 16 heavy (non-hydrogen) atoms. The third-order valence-electron chi connectivity index (χ3n) is 2.26. The lowest BCUT2D eigenvalue weighted by Gasteiger charge is -2.24. The van der Waals surface area contributed by atoms with Gasteiger partial charge in [-0.15, -0.1) is 0 Å². The van der Waals surface area contributed by atoms with Crippen LogP contribution in [-0.2, 0) is 9.59 Å². The van der Waals surface area contributed by atoms with E-state index in [1.807, 2.05) is 0 Å². The molecule has 0 amide bonds. The van der Waals surface area contributed by atoms with E-state index in [1.54, 1.807) is 0 Å². The van der Waals surface area contributed by atoms with Crippen LogP contribution in [0.3, 0.4) is 0 Å². The molecular formula is C11H17BrN2O2. The molecule has 0 aromatic carbocycles. The minimum atomic E-state index is -0.526. The Bertz CT molecular complexity index is 365. The Morgan fingerprint density at radius 2 is 1.62 bits per heavy atom. The fourth-order valence-electron chi connectivity index (χ4n) is 1.29. The Labute approximate surface area is 106 Å². The lowest BCUT2D eigenvalue weighted by Crippen LogP contribution is -3.00. The smallest absolute Gasteiger partial charge is 0.227 e. The summed E-state index contributed by atoms with van der Waals surface area (Å²) in [4.78, 5) is 22.1. The van der Waals surface area contributed by atoms with Crippen molar-refractivity contribution in [3.8, 4) is 0 Å². The molecular weight excluding hydrogens is 272 g/mol. The van der Waals surface area contributed by atoms with E-state index >= 15 is 0 Å². The summed E-state index contributed by atoms with van der Waals surface area (Å²) in [6, 6.07) is 0. The topological polar surface area (TPSA) is 60.2 Å². The van der Waals surface area contributed by atoms with Crippen LogP contribution in [0, 0.1) is 0 Å². The highest BCUT2D eigenvalue weighted by molar-refractivity contribution is 6.46. The summed E-state index contributed by atoms with van der Waals surface area (Å²) < 4.78 is 0.798. The van der Waals surface area contributed by atoms with Gasteiger partial charge in [0.05, 0.1) is 27.7 Å². The number of hydrogen-bond donors (Lipinski definition) is 1. The van der Waals surface area contributed by atoms with E-state index in [-0.39, 0.29) is 17.0 Å². The van der Waals surface area contributed by atoms with Crippen molar-refractivity contribution >= 4 is 11.6 Å². The lowest BCUT2D eigenvalue weighted by molar-refractivity contribution is -0.870. The van der Waals surface area contributed by atoms with Crippen molar-refractivity contribution in [3.63, 3.8) is 0 Å². The Balaban J connectivity index is 0.00000225. The Kier molecular flexibility index (Phi) is 5.09. The van der Waals surface area contributed by atoms with Gasteiger partial charge in [0.1, 0.15) is 0 Å². The van der Waals surface area contributed by atoms with Gasteiger partial charge in [0, 0.05) is 18.2 Å². The predicted molar refractivity (Wildman–Crippen MR) is 57.9 cm³/mol. The minimum Gasteiger partial charge on any atom is -1.00 e. The Hall–Kier alpha value is -0.940. The zero-order chi connectivity index (χ0) is 11.6. The first-order valence-corrected chi connectivity index (χ1v) is 4.86. The molecule has 0 radical (unpaired) electrons. The number of halogens is 1. The van der Waals surface area contributed by atoms with Gasteiger partial charge in [-0.25, -0.2) is 0 Å². The van der Waals surface area contributed by atoms with E-state index in [1.165, 1.54) is 12.2 Å². The molecule has 0 saturated heterocycles. The van der Waals surface area contributed by atoms with Gasteiger partial charge in [0.15, 0.2) is 0 Å². The van der Waals surface area contributed by atoms with Gasteiger partial charge in [-0.2, -0.15) is 0 Å². The quantitative estimate of drug-likeness (QED) is 0.342. The fraction of sp³-hybridized carbons (Fsp3) is 0.455. The SMILES string of the molecule is C[N+](C)(C)CCC1=CC(=O)C(=O)C=C1N.[Br-]. The first-order valence-electron chi connectivity index (χ1n) is 4.86. The first kappa shape index (κ1) is 15.1. The van der Waals surface area contributed by atoms with Gasteiger partial charge in [-0.05, 0) is 11.6 Å². The monoisotopic (exact) mass is 288 g/mol. The number of carbonyl (C=O) groups is 2. The molecule has 0 atom stereocenters. The van der Waals surface area contributed by atoms with Crippen molar-refractivity contribution in [2.24, 2.45) is 5.73 Å². The standard InChI is InChI=1S/C11H16N2O2.BrH/c1-13(2,3)5-4-8-6-10(14)11(15)7-9(8)12;/h6-7H,4-5H2,1-3H3,(H-,12,15);1H. The number of nitrogens with two attached hydrogens (primary N) is 1. The zero-order valence-electron chi connectivity index (χ0n) is 9.79. The van der Waals surface area contributed by atoms with E-state index in [0.29, 0.717) is 12.1 Å². The van der Waals surface area contributed by atoms with Crippen molar-refractivity contribution in [3.05, 3.63) is 23.4 Å². The van der Waals surface area contributed by atoms with Gasteiger partial charge in [0.25, 0.3) is 0 Å². The highest BCUT2D eigenvalue weighted by Gasteiger charge is 2.19. The largest absolute Gasteiger partial charge is 1.00 e. The molecule has 4 nitrogen and oxygen atoms in total. The van der Waals surface area contributed by atoms with Gasteiger partial charge in [-0.3, -0.25) is 9.59 Å². The molecule has 0 fully saturated rings. The minimum absolute atomic E-state index is 0. The van der Waals surface area contributed by atoms with Gasteiger partial charge in [0.2, 0.25) is 11.6 Å². The maximum atomic E-state index is 11.1. The lowest BCUT2D eigenvalue weighted by atomic mass is 9.99. The maximum Gasteiger partial charge on any atom is 0.227 e. The fourth-order valence-corrected chi connectivity index (χ4v) is 1.29. The molecule has 0 aliphatic heterocycles. The van der Waals surface area contributed by atoms with Crippen LogP contribution >= 0.6 is 0 Å². The highest BCUT2D eigenvalue weighted by atomic mass is 79.9. The van der Waals surface area contributed by atoms with Crippen LogP contribution in [0.15, 0.2) is 23.4 Å². The number of allylic oxidation sites excluding steroid dienone is 3. The molecule has 0 spiro atoms. The number of ketones is 2. The number of rotatable bonds is 3. The highest BCUT2D eigenvalue weighted by Crippen LogP contribution is 2.15.